The van der Waals surface area contributed by atoms with Crippen LogP contribution in [0.4, 0.5) is 14.6 Å². The molecule has 3 fully saturated rings. The van der Waals surface area contributed by atoms with Crippen molar-refractivity contribution in [2.75, 3.05) is 18.9 Å². The molecule has 0 aliphatic carbocycles. The van der Waals surface area contributed by atoms with Gasteiger partial charge in [-0.3, -0.25) is 28.0 Å². The second-order valence-electron chi connectivity index (χ2n) is 9.29. The molecular weight excluding hydrogens is 650 g/mol. The normalized spacial score (nSPS) is 39.3. The molecule has 6 heterocycles. The van der Waals surface area contributed by atoms with Gasteiger partial charge in [0.2, 0.25) is 0 Å². The molecule has 17 nitrogen and oxygen atoms in total. The molecule has 3 aliphatic heterocycles. The molecule has 0 radical (unpaired) electrons. The maximum atomic E-state index is 15.9. The first-order valence-corrected chi connectivity index (χ1v) is 17.2. The number of nitrogens with two attached hydrogens (primary N) is 1. The van der Waals surface area contributed by atoms with Crippen LogP contribution in [0.25, 0.3) is 11.2 Å². The number of aromatic amines is 1. The summed E-state index contributed by atoms with van der Waals surface area (Å²) in [6.45, 7) is -9.91. The van der Waals surface area contributed by atoms with Crippen molar-refractivity contribution in [3.05, 3.63) is 45.8 Å². The van der Waals surface area contributed by atoms with Gasteiger partial charge in [0.25, 0.3) is 5.56 Å². The molecule has 3 aromatic rings. The van der Waals surface area contributed by atoms with Gasteiger partial charge in [-0.05, 0) is 23.6 Å². The Kier molecular flexibility index (Phi) is 7.91. The van der Waals surface area contributed by atoms with E-state index >= 15 is 8.78 Å². The van der Waals surface area contributed by atoms with Crippen LogP contribution in [0.2, 0.25) is 0 Å². The van der Waals surface area contributed by atoms with Crippen LogP contribution in [0.15, 0.2) is 34.5 Å². The van der Waals surface area contributed by atoms with Gasteiger partial charge in [0.05, 0.1) is 19.5 Å². The van der Waals surface area contributed by atoms with Gasteiger partial charge in [0, 0.05) is 12.3 Å². The van der Waals surface area contributed by atoms with E-state index in [2.05, 4.69) is 15.0 Å². The Morgan fingerprint density at radius 1 is 0.952 bits per heavy atom. The van der Waals surface area contributed by atoms with E-state index in [1.54, 1.807) is 0 Å². The lowest BCUT2D eigenvalue weighted by atomic mass is 10.1. The molecule has 2 unspecified atom stereocenters. The number of halogens is 2. The second-order valence-corrected chi connectivity index (χ2v) is 14.9. The average molecular weight is 671 g/mol. The van der Waals surface area contributed by atoms with Crippen LogP contribution in [0.1, 0.15) is 12.5 Å². The van der Waals surface area contributed by atoms with Crippen LogP contribution < -0.4 is 17.0 Å². The first-order valence-electron chi connectivity index (χ1n) is 12.0. The number of fused-ring (bicyclic) bond motifs is 3. The SMILES string of the molecule is Nc1ncnc2c1ncn2[C@@H]1O[C@@H]2COP(O)(=S)O[C@H]3[C@@H](F)[C@H](n4ccc(=O)[nH]c4=O)O[C@@H]3COP(O)(=S)O[C@H]2[C@H]1F. The zero-order valence-corrected chi connectivity index (χ0v) is 24.2. The van der Waals surface area contributed by atoms with Crippen molar-refractivity contribution in [3.63, 3.8) is 0 Å². The quantitative estimate of drug-likeness (QED) is 0.257. The fourth-order valence-electron chi connectivity index (χ4n) is 4.74. The first-order chi connectivity index (χ1) is 19.8. The lowest BCUT2D eigenvalue weighted by Gasteiger charge is -2.29. The van der Waals surface area contributed by atoms with Gasteiger partial charge in [-0.25, -0.2) is 28.5 Å². The van der Waals surface area contributed by atoms with Crippen molar-refractivity contribution in [2.45, 2.75) is 49.2 Å². The maximum Gasteiger partial charge on any atom is 0.330 e. The van der Waals surface area contributed by atoms with Crippen LogP contribution in [0.3, 0.4) is 0 Å². The largest absolute Gasteiger partial charge is 0.382 e. The number of aromatic nitrogens is 6. The number of nitrogens with one attached hydrogen (secondary N) is 1. The van der Waals surface area contributed by atoms with E-state index in [-0.39, 0.29) is 17.0 Å². The van der Waals surface area contributed by atoms with Crippen molar-refractivity contribution in [2.24, 2.45) is 0 Å². The summed E-state index contributed by atoms with van der Waals surface area (Å²) in [5.74, 6) is 0.0437. The monoisotopic (exact) mass is 671 g/mol. The highest BCUT2D eigenvalue weighted by atomic mass is 32.5. The Morgan fingerprint density at radius 3 is 2.10 bits per heavy atom. The highest BCUT2D eigenvalue weighted by Crippen LogP contribution is 2.54. The zero-order valence-electron chi connectivity index (χ0n) is 20.8. The number of anilines is 1. The summed E-state index contributed by atoms with van der Waals surface area (Å²) in [7, 11) is 0. The van der Waals surface area contributed by atoms with E-state index in [1.165, 1.54) is 10.9 Å². The van der Waals surface area contributed by atoms with Crippen molar-refractivity contribution in [1.82, 2.24) is 29.1 Å². The van der Waals surface area contributed by atoms with Gasteiger partial charge in [0.1, 0.15) is 36.3 Å². The van der Waals surface area contributed by atoms with Crippen LogP contribution >= 0.6 is 13.4 Å². The van der Waals surface area contributed by atoms with Gasteiger partial charge in [-0.15, -0.1) is 0 Å². The van der Waals surface area contributed by atoms with Gasteiger partial charge >= 0.3 is 19.1 Å². The number of ether oxygens (including phenoxy) is 2. The average Bonchev–Trinajstić information content (AvgIpc) is 3.57. The number of nitrogens with zero attached hydrogens (tertiary/aromatic N) is 5. The molecule has 42 heavy (non-hydrogen) atoms. The van der Waals surface area contributed by atoms with E-state index in [4.69, 9.17) is 56.9 Å². The molecule has 0 bridgehead atoms. The van der Waals surface area contributed by atoms with E-state index in [0.717, 1.165) is 23.2 Å². The predicted octanol–water partition coefficient (Wildman–Crippen LogP) is -0.320. The molecule has 3 aliphatic rings. The molecule has 3 saturated heterocycles. The summed E-state index contributed by atoms with van der Waals surface area (Å²) in [6.07, 6.45) is -9.98. The minimum atomic E-state index is -4.29. The molecule has 0 saturated carbocycles. The Morgan fingerprint density at radius 2 is 1.52 bits per heavy atom. The molecule has 23 heteroatoms. The molecule has 6 rings (SSSR count). The molecule has 228 valence electrons. The van der Waals surface area contributed by atoms with Crippen molar-refractivity contribution >= 4 is 54.0 Å². The number of hydrogen-bond acceptors (Lipinski definition) is 14. The van der Waals surface area contributed by atoms with Gasteiger partial charge in [-0.2, -0.15) is 0 Å². The van der Waals surface area contributed by atoms with Crippen LogP contribution in [-0.2, 0) is 51.2 Å². The summed E-state index contributed by atoms with van der Waals surface area (Å²) in [5.41, 5.74) is 4.41. The molecule has 0 aromatic carbocycles. The van der Waals surface area contributed by atoms with Gasteiger partial charge in [-0.1, -0.05) is 0 Å². The topological polar surface area (TPSA) is 220 Å². The summed E-state index contributed by atoms with van der Waals surface area (Å²) >= 11 is 10.1. The van der Waals surface area contributed by atoms with Crippen LogP contribution in [-0.4, -0.2) is 88.8 Å². The van der Waals surface area contributed by atoms with Crippen molar-refractivity contribution < 1.29 is 46.1 Å². The second kappa shape index (κ2) is 11.1. The number of imidazole rings is 1. The Bertz CT molecular complexity index is 1730. The van der Waals surface area contributed by atoms with Crippen molar-refractivity contribution in [3.8, 4) is 0 Å². The maximum absolute atomic E-state index is 15.9. The highest BCUT2D eigenvalue weighted by molar-refractivity contribution is 8.07. The number of nitrogen functional groups attached to an aromatic ring is 1. The molecule has 3 aromatic heterocycles. The van der Waals surface area contributed by atoms with Gasteiger partial charge < -0.3 is 34.0 Å². The zero-order chi connectivity index (χ0) is 30.0. The Balaban J connectivity index is 1.28. The van der Waals surface area contributed by atoms with E-state index in [1.807, 2.05) is 4.98 Å². The lowest BCUT2D eigenvalue weighted by Crippen LogP contribution is -2.38. The number of hydrogen-bond donors (Lipinski definition) is 4. The summed E-state index contributed by atoms with van der Waals surface area (Å²) < 4.78 is 66.5. The van der Waals surface area contributed by atoms with E-state index in [0.29, 0.717) is 0 Å². The molecule has 0 amide bonds. The Hall–Kier alpha value is -2.13. The molecule has 10 atom stereocenters. The number of rotatable bonds is 2. The van der Waals surface area contributed by atoms with Gasteiger partial charge in [0.15, 0.2) is 36.3 Å². The fraction of sp³-hybridized carbons (Fsp3) is 0.526. The minimum Gasteiger partial charge on any atom is -0.382 e. The summed E-state index contributed by atoms with van der Waals surface area (Å²) in [4.78, 5) is 59.2. The van der Waals surface area contributed by atoms with Crippen LogP contribution in [0, 0.1) is 0 Å². The predicted molar refractivity (Wildman–Crippen MR) is 143 cm³/mol. The lowest BCUT2D eigenvalue weighted by molar-refractivity contribution is -0.0596. The standard InChI is InChI=1S/C19H21F2N7O10P2S2/c20-10-13-7(35-17(10)27-2-1-9(29)26-19(27)30)3-33-40(32,42)38-14-8(4-34-39(31,41)37-13)36-18(11(14)21)28-6-25-12-15(22)23-5-24-16(12)28/h1-2,5-8,10-11,13-14,17-18H,3-4H2,(H,31,41)(H,32,42)(H2,22,23,24)(H,26,29,30)/t7-,8-,10-,11-,13-,14-,17-,18-,39?,40?/m1/s1. The van der Waals surface area contributed by atoms with E-state index < -0.39 is 87.1 Å². The third kappa shape index (κ3) is 5.60. The smallest absolute Gasteiger partial charge is 0.330 e. The highest BCUT2D eigenvalue weighted by Gasteiger charge is 2.53. The third-order valence-corrected chi connectivity index (χ3v) is 9.75. The Labute approximate surface area is 243 Å². The third-order valence-electron chi connectivity index (χ3n) is 6.63. The summed E-state index contributed by atoms with van der Waals surface area (Å²) in [6, 6.07) is 0.967. The molecule has 0 spiro atoms. The molecule has 5 N–H and O–H groups in total. The minimum absolute atomic E-state index is 0.0437. The first kappa shape index (κ1) is 29.9. The molecular formula is C19H21F2N7O10P2S2. The van der Waals surface area contributed by atoms with E-state index in [9.17, 15) is 19.4 Å². The summed E-state index contributed by atoms with van der Waals surface area (Å²) in [5, 5.41) is 0. The number of alkyl halides is 2. The number of H-pyrrole nitrogens is 1. The fourth-order valence-corrected chi connectivity index (χ4v) is 7.62. The van der Waals surface area contributed by atoms with Crippen LogP contribution in [0.5, 0.6) is 0 Å². The van der Waals surface area contributed by atoms with Crippen molar-refractivity contribution in [1.29, 1.82) is 0 Å².